The molecule has 19 heavy (non-hydrogen) atoms. The maximum Gasteiger partial charge on any atom is 0.232 e. The highest BCUT2D eigenvalue weighted by Gasteiger charge is 2.15. The topological polar surface area (TPSA) is 49.3 Å². The molecule has 3 nitrogen and oxygen atoms in total. The van der Waals surface area contributed by atoms with Gasteiger partial charge in [0.05, 0.1) is 5.25 Å². The van der Waals surface area contributed by atoms with E-state index in [2.05, 4.69) is 5.32 Å². The number of thiophene rings is 1. The summed E-state index contributed by atoms with van der Waals surface area (Å²) in [6.45, 7) is 2.11. The fourth-order valence-electron chi connectivity index (χ4n) is 1.72. The second-order valence-electron chi connectivity index (χ2n) is 4.33. The van der Waals surface area contributed by atoms with Gasteiger partial charge < -0.3 is 10.4 Å². The molecule has 1 amide bonds. The van der Waals surface area contributed by atoms with Crippen molar-refractivity contribution in [2.24, 2.45) is 0 Å². The smallest absolute Gasteiger partial charge is 0.232 e. The Morgan fingerprint density at radius 1 is 1.47 bits per heavy atom. The molecule has 2 unspecified atom stereocenters. The summed E-state index contributed by atoms with van der Waals surface area (Å²) in [6, 6.07) is 10.00. The Balaban J connectivity index is 2.00. The molecule has 2 aromatic rings. The van der Waals surface area contributed by atoms with Crippen LogP contribution in [0.4, 0.5) is 0 Å². The molecule has 0 fully saturated rings. The molecule has 1 heterocycles. The van der Waals surface area contributed by atoms with Crippen LogP contribution in [-0.4, -0.2) is 29.1 Å². The third-order valence-electron chi connectivity index (χ3n) is 2.97. The van der Waals surface area contributed by atoms with Gasteiger partial charge in [0.15, 0.2) is 0 Å². The first-order chi connectivity index (χ1) is 9.11. The minimum Gasteiger partial charge on any atom is -0.386 e. The maximum atomic E-state index is 11.6. The maximum absolute atomic E-state index is 11.6. The van der Waals surface area contributed by atoms with Crippen molar-refractivity contribution >= 4 is 39.1 Å². The quantitative estimate of drug-likeness (QED) is 0.892. The van der Waals surface area contributed by atoms with Crippen LogP contribution in [0, 0.1) is 0 Å². The van der Waals surface area contributed by atoms with Crippen LogP contribution in [0.5, 0.6) is 0 Å². The van der Waals surface area contributed by atoms with E-state index in [1.807, 2.05) is 43.5 Å². The lowest BCUT2D eigenvalue weighted by Gasteiger charge is -2.12. The van der Waals surface area contributed by atoms with Crippen LogP contribution in [0.3, 0.4) is 0 Å². The van der Waals surface area contributed by atoms with Gasteiger partial charge >= 0.3 is 0 Å². The summed E-state index contributed by atoms with van der Waals surface area (Å²) >= 11 is 3.06. The molecule has 0 aliphatic rings. The van der Waals surface area contributed by atoms with Crippen molar-refractivity contribution in [3.8, 4) is 0 Å². The van der Waals surface area contributed by atoms with E-state index < -0.39 is 6.10 Å². The predicted molar refractivity (Wildman–Crippen MR) is 82.8 cm³/mol. The van der Waals surface area contributed by atoms with Gasteiger partial charge in [-0.15, -0.1) is 11.3 Å². The monoisotopic (exact) mass is 295 g/mol. The lowest BCUT2D eigenvalue weighted by molar-refractivity contribution is -0.120. The Morgan fingerprint density at radius 2 is 2.21 bits per heavy atom. The molecule has 0 radical (unpaired) electrons. The summed E-state index contributed by atoms with van der Waals surface area (Å²) in [6.07, 6.45) is 1.25. The molecular formula is C14H17NO2S2. The summed E-state index contributed by atoms with van der Waals surface area (Å²) < 4.78 is 1.15. The average molecular weight is 295 g/mol. The number of benzene rings is 1. The molecule has 0 aliphatic heterocycles. The van der Waals surface area contributed by atoms with Crippen LogP contribution in [0.25, 0.3) is 10.1 Å². The van der Waals surface area contributed by atoms with E-state index in [1.54, 1.807) is 11.3 Å². The predicted octanol–water partition coefficient (Wildman–Crippen LogP) is 2.80. The lowest BCUT2D eigenvalue weighted by Crippen LogP contribution is -2.33. The Kier molecular flexibility index (Phi) is 4.85. The molecule has 1 aromatic heterocycles. The molecule has 2 rings (SSSR count). The van der Waals surface area contributed by atoms with Gasteiger partial charge in [0, 0.05) is 16.1 Å². The number of rotatable bonds is 5. The van der Waals surface area contributed by atoms with Gasteiger partial charge in [0.25, 0.3) is 0 Å². The Bertz CT molecular complexity index is 534. The number of aliphatic hydroxyl groups excluding tert-OH is 1. The minimum atomic E-state index is -0.643. The van der Waals surface area contributed by atoms with Crippen LogP contribution >= 0.6 is 23.1 Å². The summed E-state index contributed by atoms with van der Waals surface area (Å²) in [5.74, 6) is -0.0346. The first-order valence-corrected chi connectivity index (χ1v) is 8.19. The highest BCUT2D eigenvalue weighted by atomic mass is 32.2. The van der Waals surface area contributed by atoms with E-state index in [0.717, 1.165) is 15.0 Å². The molecular weight excluding hydrogens is 278 g/mol. The minimum absolute atomic E-state index is 0.0346. The summed E-state index contributed by atoms with van der Waals surface area (Å²) in [5, 5.41) is 13.9. The molecule has 102 valence electrons. The molecule has 0 saturated heterocycles. The van der Waals surface area contributed by atoms with Crippen molar-refractivity contribution in [1.29, 1.82) is 0 Å². The number of hydrogen-bond acceptors (Lipinski definition) is 4. The Labute approximate surface area is 121 Å². The molecule has 1 aromatic carbocycles. The van der Waals surface area contributed by atoms with Crippen molar-refractivity contribution in [2.45, 2.75) is 18.3 Å². The van der Waals surface area contributed by atoms with E-state index in [4.69, 9.17) is 0 Å². The van der Waals surface area contributed by atoms with Crippen LogP contribution in [-0.2, 0) is 4.79 Å². The van der Waals surface area contributed by atoms with Gasteiger partial charge in [-0.1, -0.05) is 18.2 Å². The highest BCUT2D eigenvalue weighted by molar-refractivity contribution is 7.99. The summed E-state index contributed by atoms with van der Waals surface area (Å²) in [7, 11) is 0. The SMILES string of the molecule is CSC(C)C(=O)NCC(O)c1cc2ccccc2s1. The van der Waals surface area contributed by atoms with Gasteiger partial charge in [-0.25, -0.2) is 0 Å². The van der Waals surface area contributed by atoms with Crippen molar-refractivity contribution in [3.05, 3.63) is 35.2 Å². The number of aliphatic hydroxyl groups is 1. The lowest BCUT2D eigenvalue weighted by atomic mass is 10.2. The standard InChI is InChI=1S/C14H17NO2S2/c1-9(18-2)14(17)15-8-11(16)13-7-10-5-3-4-6-12(10)19-13/h3-7,9,11,16H,8H2,1-2H3,(H,15,17). The van der Waals surface area contributed by atoms with E-state index in [0.29, 0.717) is 0 Å². The second kappa shape index (κ2) is 6.41. The van der Waals surface area contributed by atoms with Crippen LogP contribution in [0.1, 0.15) is 17.9 Å². The van der Waals surface area contributed by atoms with E-state index >= 15 is 0 Å². The third-order valence-corrected chi connectivity index (χ3v) is 5.10. The molecule has 0 saturated carbocycles. The fourth-order valence-corrected chi connectivity index (χ4v) is 3.06. The van der Waals surface area contributed by atoms with Crippen molar-refractivity contribution in [2.75, 3.05) is 12.8 Å². The summed E-state index contributed by atoms with van der Waals surface area (Å²) in [5.41, 5.74) is 0. The normalized spacial score (nSPS) is 14.3. The first-order valence-electron chi connectivity index (χ1n) is 6.09. The zero-order chi connectivity index (χ0) is 13.8. The zero-order valence-corrected chi connectivity index (χ0v) is 12.6. The van der Waals surface area contributed by atoms with E-state index in [1.165, 1.54) is 11.8 Å². The molecule has 5 heteroatoms. The molecule has 2 N–H and O–H groups in total. The molecule has 2 atom stereocenters. The largest absolute Gasteiger partial charge is 0.386 e. The van der Waals surface area contributed by atoms with E-state index in [-0.39, 0.29) is 17.7 Å². The molecule has 0 spiro atoms. The van der Waals surface area contributed by atoms with Gasteiger partial charge in [-0.2, -0.15) is 11.8 Å². The fraction of sp³-hybridized carbons (Fsp3) is 0.357. The third kappa shape index (κ3) is 3.49. The van der Waals surface area contributed by atoms with Gasteiger partial charge in [-0.05, 0) is 30.7 Å². The Hall–Kier alpha value is -1.04. The number of amides is 1. The number of hydrogen-bond donors (Lipinski definition) is 2. The van der Waals surface area contributed by atoms with Crippen LogP contribution < -0.4 is 5.32 Å². The van der Waals surface area contributed by atoms with Crippen molar-refractivity contribution in [3.63, 3.8) is 0 Å². The number of carbonyl (C=O) groups is 1. The number of thioether (sulfide) groups is 1. The van der Waals surface area contributed by atoms with Crippen LogP contribution in [0.2, 0.25) is 0 Å². The summed E-state index contributed by atoms with van der Waals surface area (Å²) in [4.78, 5) is 12.5. The van der Waals surface area contributed by atoms with Gasteiger partial charge in [-0.3, -0.25) is 4.79 Å². The number of carbonyl (C=O) groups excluding carboxylic acids is 1. The van der Waals surface area contributed by atoms with E-state index in [9.17, 15) is 9.90 Å². The van der Waals surface area contributed by atoms with Gasteiger partial charge in [0.2, 0.25) is 5.91 Å². The Morgan fingerprint density at radius 3 is 2.89 bits per heavy atom. The average Bonchev–Trinajstić information content (AvgIpc) is 2.87. The van der Waals surface area contributed by atoms with Gasteiger partial charge in [0.1, 0.15) is 6.10 Å². The van der Waals surface area contributed by atoms with Crippen molar-refractivity contribution < 1.29 is 9.90 Å². The zero-order valence-electron chi connectivity index (χ0n) is 10.9. The van der Waals surface area contributed by atoms with Crippen molar-refractivity contribution in [1.82, 2.24) is 5.32 Å². The number of fused-ring (bicyclic) bond motifs is 1. The number of nitrogens with one attached hydrogen (secondary N) is 1. The van der Waals surface area contributed by atoms with Crippen LogP contribution in [0.15, 0.2) is 30.3 Å². The first kappa shape index (κ1) is 14.4. The highest BCUT2D eigenvalue weighted by Crippen LogP contribution is 2.29. The molecule has 0 bridgehead atoms. The molecule has 0 aliphatic carbocycles. The second-order valence-corrected chi connectivity index (χ2v) is 6.62.